The van der Waals surface area contributed by atoms with E-state index in [-0.39, 0.29) is 37.3 Å². The van der Waals surface area contributed by atoms with Crippen molar-refractivity contribution in [3.63, 3.8) is 0 Å². The number of benzene rings is 1. The Bertz CT molecular complexity index is 749. The first-order valence-electron chi connectivity index (χ1n) is 11.4. The Balaban J connectivity index is 0.00000289. The van der Waals surface area contributed by atoms with Crippen LogP contribution in [-0.2, 0) is 22.3 Å². The van der Waals surface area contributed by atoms with Gasteiger partial charge in [-0.2, -0.15) is 13.2 Å². The third kappa shape index (κ3) is 8.48. The highest BCUT2D eigenvalue weighted by molar-refractivity contribution is 5.85. The van der Waals surface area contributed by atoms with Crippen molar-refractivity contribution in [1.29, 1.82) is 0 Å². The van der Waals surface area contributed by atoms with E-state index in [1.165, 1.54) is 18.4 Å². The first-order chi connectivity index (χ1) is 15.2. The molecule has 34 heavy (non-hydrogen) atoms. The van der Waals surface area contributed by atoms with Gasteiger partial charge >= 0.3 is 6.18 Å². The van der Waals surface area contributed by atoms with Gasteiger partial charge in [0, 0.05) is 32.7 Å². The SMILES string of the molecule is CO/C=C(/OCc1ccc(C(F)(F)F)cc1)C(CN1CCN(C)CC1)C1(O)CCCCC1.Cl.Cl. The summed E-state index contributed by atoms with van der Waals surface area (Å²) in [6, 6.07) is 4.99. The fourth-order valence-electron chi connectivity index (χ4n) is 4.62. The number of likely N-dealkylation sites (N-methyl/N-ethyl adjacent to an activating group) is 1. The average Bonchev–Trinajstić information content (AvgIpc) is 2.76. The molecule has 1 saturated heterocycles. The fraction of sp³-hybridized carbons (Fsp3) is 0.667. The van der Waals surface area contributed by atoms with Crippen molar-refractivity contribution in [2.24, 2.45) is 5.92 Å². The number of piperazine rings is 1. The Labute approximate surface area is 213 Å². The highest BCUT2D eigenvalue weighted by Gasteiger charge is 2.42. The van der Waals surface area contributed by atoms with E-state index >= 15 is 0 Å². The second kappa shape index (κ2) is 13.8. The van der Waals surface area contributed by atoms with Crippen LogP contribution < -0.4 is 0 Å². The molecule has 1 aromatic rings. The fourth-order valence-corrected chi connectivity index (χ4v) is 4.62. The lowest BCUT2D eigenvalue weighted by molar-refractivity contribution is -0.137. The van der Waals surface area contributed by atoms with Crippen molar-refractivity contribution >= 4 is 24.8 Å². The van der Waals surface area contributed by atoms with Gasteiger partial charge in [-0.15, -0.1) is 24.8 Å². The standard InChI is InChI=1S/C24H35F3N2O3.2ClH/c1-28-12-14-29(15-13-28)16-21(23(30)10-4-3-5-11-23)22(18-31-2)32-17-19-6-8-20(9-7-19)24(25,26)27;;/h6-9,18,21,30H,3-5,10-17H2,1-2H3;2*1H/b22-18+;;. The zero-order valence-electron chi connectivity index (χ0n) is 19.9. The molecule has 10 heteroatoms. The molecule has 0 aromatic heterocycles. The number of alkyl halides is 3. The number of nitrogens with zero attached hydrogens (tertiary/aromatic N) is 2. The van der Waals surface area contributed by atoms with Gasteiger partial charge in [-0.3, -0.25) is 4.90 Å². The van der Waals surface area contributed by atoms with Gasteiger partial charge in [-0.05, 0) is 37.6 Å². The van der Waals surface area contributed by atoms with E-state index in [0.29, 0.717) is 30.7 Å². The van der Waals surface area contributed by atoms with Gasteiger partial charge in [-0.25, -0.2) is 0 Å². The molecule has 1 atom stereocenters. The van der Waals surface area contributed by atoms with Gasteiger partial charge in [-0.1, -0.05) is 31.4 Å². The van der Waals surface area contributed by atoms with Gasteiger partial charge in [0.2, 0.25) is 0 Å². The number of halogens is 5. The van der Waals surface area contributed by atoms with E-state index < -0.39 is 17.3 Å². The van der Waals surface area contributed by atoms with Crippen LogP contribution in [0.25, 0.3) is 0 Å². The normalized spacial score (nSPS) is 20.6. The molecule has 0 spiro atoms. The minimum absolute atomic E-state index is 0. The summed E-state index contributed by atoms with van der Waals surface area (Å²) >= 11 is 0. The number of aliphatic hydroxyl groups is 1. The highest BCUT2D eigenvalue weighted by Crippen LogP contribution is 2.39. The quantitative estimate of drug-likeness (QED) is 0.475. The van der Waals surface area contributed by atoms with Crippen LogP contribution in [-0.4, -0.2) is 67.4 Å². The van der Waals surface area contributed by atoms with Gasteiger partial charge in [0.1, 0.15) is 18.6 Å². The molecule has 1 aliphatic carbocycles. The van der Waals surface area contributed by atoms with Gasteiger partial charge in [0.15, 0.2) is 0 Å². The van der Waals surface area contributed by atoms with Crippen molar-refractivity contribution in [3.05, 3.63) is 47.4 Å². The molecule has 0 radical (unpaired) electrons. The maximum Gasteiger partial charge on any atom is 0.416 e. The molecule has 0 bridgehead atoms. The molecule has 3 rings (SSSR count). The molecule has 196 valence electrons. The van der Waals surface area contributed by atoms with Crippen molar-refractivity contribution in [2.75, 3.05) is 46.9 Å². The van der Waals surface area contributed by atoms with E-state index in [4.69, 9.17) is 9.47 Å². The Hall–Kier alpha value is -1.19. The minimum Gasteiger partial charge on any atom is -0.501 e. The van der Waals surface area contributed by atoms with E-state index in [1.54, 1.807) is 7.11 Å². The second-order valence-corrected chi connectivity index (χ2v) is 9.06. The smallest absolute Gasteiger partial charge is 0.416 e. The van der Waals surface area contributed by atoms with E-state index in [9.17, 15) is 18.3 Å². The molecular weight excluding hydrogens is 492 g/mol. The largest absolute Gasteiger partial charge is 0.501 e. The van der Waals surface area contributed by atoms with Crippen LogP contribution in [0.5, 0.6) is 0 Å². The number of rotatable bonds is 8. The summed E-state index contributed by atoms with van der Waals surface area (Å²) < 4.78 is 49.9. The maximum absolute atomic E-state index is 12.8. The number of ether oxygens (including phenoxy) is 2. The Morgan fingerprint density at radius 3 is 2.18 bits per heavy atom. The number of methoxy groups -OCH3 is 1. The third-order valence-corrected chi connectivity index (χ3v) is 6.67. The van der Waals surface area contributed by atoms with Crippen molar-refractivity contribution in [3.8, 4) is 0 Å². The van der Waals surface area contributed by atoms with E-state index in [2.05, 4.69) is 16.8 Å². The summed E-state index contributed by atoms with van der Waals surface area (Å²) in [7, 11) is 3.65. The third-order valence-electron chi connectivity index (χ3n) is 6.67. The van der Waals surface area contributed by atoms with E-state index in [1.807, 2.05) is 0 Å². The van der Waals surface area contributed by atoms with Crippen LogP contribution in [0.2, 0.25) is 0 Å². The van der Waals surface area contributed by atoms with Gasteiger partial charge in [0.25, 0.3) is 0 Å². The lowest BCUT2D eigenvalue weighted by atomic mass is 9.74. The predicted molar refractivity (Wildman–Crippen MR) is 131 cm³/mol. The summed E-state index contributed by atoms with van der Waals surface area (Å²) in [6.07, 6.45) is 1.63. The topological polar surface area (TPSA) is 45.2 Å². The van der Waals surface area contributed by atoms with Crippen molar-refractivity contribution < 1.29 is 27.8 Å². The summed E-state index contributed by atoms with van der Waals surface area (Å²) in [5, 5.41) is 11.6. The zero-order valence-corrected chi connectivity index (χ0v) is 21.5. The molecular formula is C24H37Cl2F3N2O3. The minimum atomic E-state index is -4.36. The predicted octanol–water partition coefficient (Wildman–Crippen LogP) is 5.11. The second-order valence-electron chi connectivity index (χ2n) is 9.06. The molecule has 1 aromatic carbocycles. The maximum atomic E-state index is 12.8. The average molecular weight is 529 g/mol. The molecule has 0 amide bonds. The first kappa shape index (κ1) is 30.8. The Morgan fingerprint density at radius 2 is 1.65 bits per heavy atom. The molecule has 1 N–H and O–H groups in total. The van der Waals surface area contributed by atoms with Crippen molar-refractivity contribution in [2.45, 2.75) is 50.5 Å². The summed E-state index contributed by atoms with van der Waals surface area (Å²) in [5.41, 5.74) is -0.932. The monoisotopic (exact) mass is 528 g/mol. The zero-order chi connectivity index (χ0) is 23.2. The molecule has 1 heterocycles. The van der Waals surface area contributed by atoms with Gasteiger partial charge < -0.3 is 19.5 Å². The molecule has 1 unspecified atom stereocenters. The molecule has 2 aliphatic rings. The first-order valence-corrected chi connectivity index (χ1v) is 11.4. The lowest BCUT2D eigenvalue weighted by Gasteiger charge is -2.43. The Morgan fingerprint density at radius 1 is 1.06 bits per heavy atom. The molecule has 2 fully saturated rings. The Kier molecular flexibility index (Phi) is 12.5. The van der Waals surface area contributed by atoms with Gasteiger partial charge in [0.05, 0.1) is 24.2 Å². The van der Waals surface area contributed by atoms with Crippen LogP contribution in [0.1, 0.15) is 43.2 Å². The molecule has 5 nitrogen and oxygen atoms in total. The van der Waals surface area contributed by atoms with Crippen LogP contribution in [0.3, 0.4) is 0 Å². The summed E-state index contributed by atoms with van der Waals surface area (Å²) in [6.45, 7) is 4.56. The van der Waals surface area contributed by atoms with Crippen molar-refractivity contribution in [1.82, 2.24) is 9.80 Å². The van der Waals surface area contributed by atoms with E-state index in [0.717, 1.165) is 57.6 Å². The van der Waals surface area contributed by atoms with Crippen LogP contribution in [0.4, 0.5) is 13.2 Å². The number of hydrogen-bond donors (Lipinski definition) is 1. The number of hydrogen-bond acceptors (Lipinski definition) is 5. The van der Waals surface area contributed by atoms with Crippen LogP contribution in [0, 0.1) is 5.92 Å². The van der Waals surface area contributed by atoms with Crippen LogP contribution in [0.15, 0.2) is 36.3 Å². The lowest BCUT2D eigenvalue weighted by Crippen LogP contribution is -2.51. The summed E-state index contributed by atoms with van der Waals surface area (Å²) in [5.74, 6) is 0.288. The van der Waals surface area contributed by atoms with Crippen LogP contribution >= 0.6 is 24.8 Å². The summed E-state index contributed by atoms with van der Waals surface area (Å²) in [4.78, 5) is 4.63. The highest BCUT2D eigenvalue weighted by atomic mass is 35.5. The molecule has 1 aliphatic heterocycles. The molecule has 1 saturated carbocycles.